The summed E-state index contributed by atoms with van der Waals surface area (Å²) in [6, 6.07) is 9.13. The van der Waals surface area contributed by atoms with E-state index >= 15 is 4.39 Å². The maximum Gasteiger partial charge on any atom is 0.278 e. The van der Waals surface area contributed by atoms with E-state index in [1.165, 1.54) is 16.9 Å². The number of benzene rings is 2. The lowest BCUT2D eigenvalue weighted by Crippen LogP contribution is -2.66. The van der Waals surface area contributed by atoms with Gasteiger partial charge in [0.05, 0.1) is 23.8 Å². The molecule has 4 aliphatic heterocycles. The molecule has 8 nitrogen and oxygen atoms in total. The summed E-state index contributed by atoms with van der Waals surface area (Å²) in [4.78, 5) is 30.2. The first kappa shape index (κ1) is 23.5. The highest BCUT2D eigenvalue weighted by Gasteiger charge is 2.49. The van der Waals surface area contributed by atoms with Crippen LogP contribution in [0.1, 0.15) is 47.1 Å². The van der Waals surface area contributed by atoms with Crippen molar-refractivity contribution in [3.05, 3.63) is 86.8 Å². The lowest BCUT2D eigenvalue weighted by Gasteiger charge is -2.51. The van der Waals surface area contributed by atoms with Gasteiger partial charge < -0.3 is 19.6 Å². The van der Waals surface area contributed by atoms with Gasteiger partial charge in [0, 0.05) is 41.4 Å². The number of amides is 1. The van der Waals surface area contributed by atoms with Crippen LogP contribution in [0.2, 0.25) is 0 Å². The standard InChI is InChI=1S/C27H24F2N4O4S/c1-27(2)31-12-16-14(6-7-17(28)21(16)29)22(15-4-3-5-19(38-27)23(15)31)33-20-13-37-11-10-30(20)26(36)24-25(35)18(34)8-9-32(24)33/h3-9,20,22,35H,10-13H2,1-2H3. The normalized spacial score (nSPS) is 22.9. The molecule has 1 saturated heterocycles. The quantitative estimate of drug-likeness (QED) is 0.508. The van der Waals surface area contributed by atoms with Crippen molar-refractivity contribution in [2.24, 2.45) is 0 Å². The molecule has 4 aliphatic rings. The number of nitrogens with zero attached hydrogens (tertiary/aromatic N) is 4. The van der Waals surface area contributed by atoms with Crippen molar-refractivity contribution in [1.29, 1.82) is 0 Å². The number of rotatable bonds is 1. The second-order valence-corrected chi connectivity index (χ2v) is 12.0. The number of pyridine rings is 1. The summed E-state index contributed by atoms with van der Waals surface area (Å²) in [6.45, 7) is 4.96. The molecular formula is C27H24F2N4O4S. The van der Waals surface area contributed by atoms with Gasteiger partial charge in [-0.25, -0.2) is 8.78 Å². The zero-order valence-corrected chi connectivity index (χ0v) is 21.5. The van der Waals surface area contributed by atoms with E-state index in [9.17, 15) is 19.1 Å². The Bertz CT molecular complexity index is 1590. The van der Waals surface area contributed by atoms with E-state index in [4.69, 9.17) is 4.74 Å². The number of carbonyl (C=O) groups excluding carboxylic acids is 1. The molecule has 2 atom stereocenters. The predicted octanol–water partition coefficient (Wildman–Crippen LogP) is 3.53. The molecule has 0 bridgehead atoms. The van der Waals surface area contributed by atoms with Crippen LogP contribution in [0.3, 0.4) is 0 Å². The van der Waals surface area contributed by atoms with Crippen LogP contribution in [0, 0.1) is 11.6 Å². The number of fused-ring (bicyclic) bond motifs is 3. The number of hydrogen-bond donors (Lipinski definition) is 1. The monoisotopic (exact) mass is 538 g/mol. The van der Waals surface area contributed by atoms with Crippen molar-refractivity contribution >= 4 is 23.4 Å². The summed E-state index contributed by atoms with van der Waals surface area (Å²) in [7, 11) is 0. The molecule has 11 heteroatoms. The molecule has 2 aromatic carbocycles. The van der Waals surface area contributed by atoms with Crippen LogP contribution in [0.25, 0.3) is 0 Å². The molecule has 3 aromatic rings. The Balaban J connectivity index is 1.57. The minimum atomic E-state index is -0.934. The third-order valence-corrected chi connectivity index (χ3v) is 9.16. The van der Waals surface area contributed by atoms with Gasteiger partial charge in [-0.15, -0.1) is 0 Å². The molecule has 1 amide bonds. The van der Waals surface area contributed by atoms with Crippen LogP contribution in [0.5, 0.6) is 5.75 Å². The average molecular weight is 539 g/mol. The van der Waals surface area contributed by atoms with Gasteiger partial charge in [-0.1, -0.05) is 30.0 Å². The van der Waals surface area contributed by atoms with Crippen LogP contribution in [-0.4, -0.2) is 51.4 Å². The van der Waals surface area contributed by atoms with Crippen LogP contribution in [0.4, 0.5) is 14.5 Å². The second kappa shape index (κ2) is 7.97. The Kier molecular flexibility index (Phi) is 4.94. The Morgan fingerprint density at radius 1 is 1.11 bits per heavy atom. The van der Waals surface area contributed by atoms with Gasteiger partial charge in [-0.3, -0.25) is 19.3 Å². The number of para-hydroxylation sites is 1. The molecule has 0 spiro atoms. The number of thioether (sulfide) groups is 1. The van der Waals surface area contributed by atoms with Crippen molar-refractivity contribution in [3.8, 4) is 5.75 Å². The van der Waals surface area contributed by atoms with Crippen molar-refractivity contribution in [2.45, 2.75) is 42.4 Å². The fraction of sp³-hybridized carbons (Fsp3) is 0.333. The lowest BCUT2D eigenvalue weighted by molar-refractivity contribution is -0.0196. The van der Waals surface area contributed by atoms with Gasteiger partial charge in [-0.2, -0.15) is 0 Å². The predicted molar refractivity (Wildman–Crippen MR) is 137 cm³/mol. The molecule has 5 heterocycles. The fourth-order valence-corrected chi connectivity index (χ4v) is 7.44. The van der Waals surface area contributed by atoms with E-state index in [1.54, 1.807) is 22.7 Å². The van der Waals surface area contributed by atoms with Gasteiger partial charge in [0.2, 0.25) is 5.43 Å². The smallest absolute Gasteiger partial charge is 0.278 e. The number of anilines is 1. The summed E-state index contributed by atoms with van der Waals surface area (Å²) in [6.07, 6.45) is 0.826. The van der Waals surface area contributed by atoms with Gasteiger partial charge >= 0.3 is 0 Å². The van der Waals surface area contributed by atoms with E-state index in [1.807, 2.05) is 37.1 Å². The maximum atomic E-state index is 15.6. The SMILES string of the molecule is CC1(C)Sc2cccc3c2N1Cc1c(ccc(F)c1F)C3N1C2COCCN2C(=O)c2c(O)c(=O)ccn21. The average Bonchev–Trinajstić information content (AvgIpc) is 3.05. The highest BCUT2D eigenvalue weighted by atomic mass is 32.2. The topological polar surface area (TPSA) is 78.2 Å². The van der Waals surface area contributed by atoms with Gasteiger partial charge in [-0.05, 0) is 31.5 Å². The summed E-state index contributed by atoms with van der Waals surface area (Å²) < 4.78 is 37.6. The maximum absolute atomic E-state index is 15.6. The van der Waals surface area contributed by atoms with E-state index in [0.29, 0.717) is 12.2 Å². The lowest BCUT2D eigenvalue weighted by atomic mass is 9.93. The zero-order chi connectivity index (χ0) is 26.5. The Morgan fingerprint density at radius 3 is 2.74 bits per heavy atom. The number of carbonyl (C=O) groups is 1. The molecule has 196 valence electrons. The molecule has 1 N–H and O–H groups in total. The molecule has 0 radical (unpaired) electrons. The summed E-state index contributed by atoms with van der Waals surface area (Å²) >= 11 is 1.65. The summed E-state index contributed by atoms with van der Waals surface area (Å²) in [5.74, 6) is -2.98. The molecule has 0 aliphatic carbocycles. The van der Waals surface area contributed by atoms with Crippen LogP contribution >= 0.6 is 11.8 Å². The molecule has 2 unspecified atom stereocenters. The number of aromatic nitrogens is 1. The van der Waals surface area contributed by atoms with E-state index < -0.39 is 45.8 Å². The van der Waals surface area contributed by atoms with Crippen molar-refractivity contribution < 1.29 is 23.4 Å². The van der Waals surface area contributed by atoms with E-state index in [-0.39, 0.29) is 31.0 Å². The first-order chi connectivity index (χ1) is 18.2. The molecule has 1 aromatic heterocycles. The van der Waals surface area contributed by atoms with Crippen LogP contribution in [-0.2, 0) is 11.3 Å². The number of halogens is 2. The molecule has 38 heavy (non-hydrogen) atoms. The van der Waals surface area contributed by atoms with E-state index in [0.717, 1.165) is 22.2 Å². The number of morpholine rings is 1. The van der Waals surface area contributed by atoms with E-state index in [2.05, 4.69) is 4.90 Å². The van der Waals surface area contributed by atoms with Crippen LogP contribution in [0.15, 0.2) is 52.3 Å². The Hall–Kier alpha value is -3.57. The number of ether oxygens (including phenoxy) is 1. The minimum Gasteiger partial charge on any atom is -0.502 e. The van der Waals surface area contributed by atoms with Crippen LogP contribution < -0.4 is 15.3 Å². The minimum absolute atomic E-state index is 0.152. The number of aromatic hydroxyl groups is 1. The first-order valence-corrected chi connectivity index (χ1v) is 13.2. The third kappa shape index (κ3) is 3.05. The van der Waals surface area contributed by atoms with Crippen molar-refractivity contribution in [3.63, 3.8) is 0 Å². The molecule has 0 saturated carbocycles. The van der Waals surface area contributed by atoms with Gasteiger partial charge in [0.25, 0.3) is 5.91 Å². The highest BCUT2D eigenvalue weighted by molar-refractivity contribution is 8.01. The van der Waals surface area contributed by atoms with Gasteiger partial charge in [0.15, 0.2) is 23.1 Å². The first-order valence-electron chi connectivity index (χ1n) is 12.4. The molecular weight excluding hydrogens is 514 g/mol. The highest BCUT2D eigenvalue weighted by Crippen LogP contribution is 2.56. The summed E-state index contributed by atoms with van der Waals surface area (Å²) in [5, 5.41) is 12.6. The fourth-order valence-electron chi connectivity index (χ4n) is 6.16. The summed E-state index contributed by atoms with van der Waals surface area (Å²) in [5.41, 5.74) is 1.68. The van der Waals surface area contributed by atoms with Gasteiger partial charge in [0.1, 0.15) is 12.2 Å². The molecule has 7 rings (SSSR count). The van der Waals surface area contributed by atoms with Crippen molar-refractivity contribution in [2.75, 3.05) is 29.7 Å². The Morgan fingerprint density at radius 2 is 1.92 bits per heavy atom. The number of hydrogen-bond acceptors (Lipinski definition) is 7. The van der Waals surface area contributed by atoms with Crippen molar-refractivity contribution in [1.82, 2.24) is 9.58 Å². The molecule has 1 fully saturated rings. The third-order valence-electron chi connectivity index (χ3n) is 7.89. The zero-order valence-electron chi connectivity index (χ0n) is 20.6. The second-order valence-electron chi connectivity index (χ2n) is 10.3. The Labute approximate surface area is 221 Å². The largest absolute Gasteiger partial charge is 0.502 e.